The van der Waals surface area contributed by atoms with E-state index in [4.69, 9.17) is 0 Å². The van der Waals surface area contributed by atoms with Gasteiger partial charge >= 0.3 is 0 Å². The van der Waals surface area contributed by atoms with E-state index in [2.05, 4.69) is 10.2 Å². The molecule has 0 amide bonds. The lowest BCUT2D eigenvalue weighted by Gasteiger charge is -2.30. The van der Waals surface area contributed by atoms with Crippen molar-refractivity contribution in [3.8, 4) is 0 Å². The van der Waals surface area contributed by atoms with Crippen molar-refractivity contribution in [1.82, 2.24) is 10.2 Å². The zero-order valence-electron chi connectivity index (χ0n) is 9.91. The molecule has 1 N–H and O–H groups in total. The lowest BCUT2D eigenvalue weighted by Crippen LogP contribution is -2.29. The normalized spacial score (nSPS) is 22.6. The first kappa shape index (κ1) is 11.6. The maximum absolute atomic E-state index is 13.8. The Morgan fingerprint density at radius 3 is 2.69 bits per heavy atom. The molecule has 1 heterocycles. The molecule has 2 rings (SSSR count). The molecule has 16 heavy (non-hydrogen) atoms. The zero-order valence-corrected chi connectivity index (χ0v) is 9.91. The molecule has 0 bridgehead atoms. The van der Waals surface area contributed by atoms with Crippen molar-refractivity contribution in [1.29, 1.82) is 0 Å². The molecule has 0 aromatic heterocycles. The molecule has 0 radical (unpaired) electrons. The van der Waals surface area contributed by atoms with Crippen LogP contribution in [0.4, 0.5) is 4.39 Å². The second-order valence-electron chi connectivity index (χ2n) is 4.68. The van der Waals surface area contributed by atoms with Crippen LogP contribution in [0.15, 0.2) is 24.3 Å². The Morgan fingerprint density at radius 1 is 1.38 bits per heavy atom. The Kier molecular flexibility index (Phi) is 3.56. The lowest BCUT2D eigenvalue weighted by molar-refractivity contribution is 0.217. The predicted octanol–water partition coefficient (Wildman–Crippen LogP) is 2.04. The minimum atomic E-state index is -0.0897. The summed E-state index contributed by atoms with van der Waals surface area (Å²) in [6, 6.07) is 7.29. The number of halogens is 1. The van der Waals surface area contributed by atoms with Gasteiger partial charge in [0.15, 0.2) is 0 Å². The third-order valence-corrected chi connectivity index (χ3v) is 3.33. The number of rotatable bonds is 3. The molecular formula is C13H19FN2. The van der Waals surface area contributed by atoms with Crippen molar-refractivity contribution in [2.45, 2.75) is 12.5 Å². The van der Waals surface area contributed by atoms with Crippen molar-refractivity contribution < 1.29 is 4.39 Å². The first-order chi connectivity index (χ1) is 7.70. The molecule has 0 aliphatic carbocycles. The van der Waals surface area contributed by atoms with Gasteiger partial charge in [0, 0.05) is 11.6 Å². The summed E-state index contributed by atoms with van der Waals surface area (Å²) in [5, 5.41) is 3.35. The molecule has 1 aliphatic heterocycles. The van der Waals surface area contributed by atoms with Gasteiger partial charge in [-0.05, 0) is 45.6 Å². The molecule has 88 valence electrons. The molecule has 1 aromatic rings. The van der Waals surface area contributed by atoms with Crippen LogP contribution >= 0.6 is 0 Å². The topological polar surface area (TPSA) is 15.3 Å². The van der Waals surface area contributed by atoms with Crippen molar-refractivity contribution in [2.75, 3.05) is 27.2 Å². The molecule has 3 heteroatoms. The van der Waals surface area contributed by atoms with Gasteiger partial charge in [-0.15, -0.1) is 0 Å². The predicted molar refractivity (Wildman–Crippen MR) is 63.8 cm³/mol. The van der Waals surface area contributed by atoms with Gasteiger partial charge in [-0.2, -0.15) is 0 Å². The smallest absolute Gasteiger partial charge is 0.127 e. The van der Waals surface area contributed by atoms with Crippen LogP contribution in [0.1, 0.15) is 18.0 Å². The fraction of sp³-hybridized carbons (Fsp3) is 0.538. The average molecular weight is 222 g/mol. The van der Waals surface area contributed by atoms with E-state index in [1.807, 2.05) is 26.2 Å². The van der Waals surface area contributed by atoms with Gasteiger partial charge in [0.05, 0.1) is 0 Å². The summed E-state index contributed by atoms with van der Waals surface area (Å²) in [6.45, 7) is 2.03. The van der Waals surface area contributed by atoms with E-state index in [1.54, 1.807) is 12.1 Å². The van der Waals surface area contributed by atoms with Crippen LogP contribution in [0.3, 0.4) is 0 Å². The number of hydrogen-bond donors (Lipinski definition) is 1. The van der Waals surface area contributed by atoms with Gasteiger partial charge in [-0.1, -0.05) is 18.2 Å². The molecule has 1 aromatic carbocycles. The zero-order chi connectivity index (χ0) is 11.5. The maximum Gasteiger partial charge on any atom is 0.127 e. The fourth-order valence-corrected chi connectivity index (χ4v) is 2.62. The summed E-state index contributed by atoms with van der Waals surface area (Å²) >= 11 is 0. The SMILES string of the molecule is CN(C)C(c1ccccc1F)C1CCNC1. The van der Waals surface area contributed by atoms with Gasteiger partial charge in [-0.3, -0.25) is 0 Å². The summed E-state index contributed by atoms with van der Waals surface area (Å²) in [5.74, 6) is 0.417. The number of nitrogens with zero attached hydrogens (tertiary/aromatic N) is 1. The Labute approximate surface area is 96.5 Å². The van der Waals surface area contributed by atoms with Crippen LogP contribution in [0.25, 0.3) is 0 Å². The summed E-state index contributed by atoms with van der Waals surface area (Å²) < 4.78 is 13.8. The van der Waals surface area contributed by atoms with E-state index in [0.29, 0.717) is 5.92 Å². The van der Waals surface area contributed by atoms with Crippen molar-refractivity contribution >= 4 is 0 Å². The van der Waals surface area contributed by atoms with E-state index >= 15 is 0 Å². The van der Waals surface area contributed by atoms with E-state index < -0.39 is 0 Å². The first-order valence-electron chi connectivity index (χ1n) is 5.81. The summed E-state index contributed by atoms with van der Waals surface area (Å²) in [7, 11) is 4.05. The van der Waals surface area contributed by atoms with Crippen LogP contribution in [0, 0.1) is 11.7 Å². The number of nitrogens with one attached hydrogen (secondary N) is 1. The standard InChI is InChI=1S/C13H19FN2/c1-16(2)13(10-7-8-15-9-10)11-5-3-4-6-12(11)14/h3-6,10,13,15H,7-9H2,1-2H3. The van der Waals surface area contributed by atoms with Crippen LogP contribution < -0.4 is 5.32 Å². The highest BCUT2D eigenvalue weighted by molar-refractivity contribution is 5.22. The highest BCUT2D eigenvalue weighted by atomic mass is 19.1. The van der Waals surface area contributed by atoms with E-state index in [0.717, 1.165) is 25.1 Å². The highest BCUT2D eigenvalue weighted by Gasteiger charge is 2.29. The molecule has 2 nitrogen and oxygen atoms in total. The molecule has 1 saturated heterocycles. The van der Waals surface area contributed by atoms with Crippen LogP contribution in [-0.2, 0) is 0 Å². The molecule has 0 saturated carbocycles. The molecule has 0 spiro atoms. The lowest BCUT2D eigenvalue weighted by atomic mass is 9.91. The monoisotopic (exact) mass is 222 g/mol. The van der Waals surface area contributed by atoms with Crippen molar-refractivity contribution in [3.05, 3.63) is 35.6 Å². The molecule has 1 aliphatic rings. The third kappa shape index (κ3) is 2.25. The quantitative estimate of drug-likeness (QED) is 0.842. The van der Waals surface area contributed by atoms with E-state index in [-0.39, 0.29) is 11.9 Å². The van der Waals surface area contributed by atoms with Gasteiger partial charge in [0.25, 0.3) is 0 Å². The largest absolute Gasteiger partial charge is 0.316 e. The third-order valence-electron chi connectivity index (χ3n) is 3.33. The summed E-state index contributed by atoms with van der Waals surface area (Å²) in [4.78, 5) is 2.12. The summed E-state index contributed by atoms with van der Waals surface area (Å²) in [6.07, 6.45) is 1.12. The van der Waals surface area contributed by atoms with Crippen LogP contribution in [0.2, 0.25) is 0 Å². The highest BCUT2D eigenvalue weighted by Crippen LogP contribution is 2.32. The van der Waals surface area contributed by atoms with Crippen LogP contribution in [0.5, 0.6) is 0 Å². The van der Waals surface area contributed by atoms with Gasteiger partial charge in [-0.25, -0.2) is 4.39 Å². The van der Waals surface area contributed by atoms with Crippen molar-refractivity contribution in [3.63, 3.8) is 0 Å². The molecule has 1 fully saturated rings. The van der Waals surface area contributed by atoms with Crippen molar-refractivity contribution in [2.24, 2.45) is 5.92 Å². The summed E-state index contributed by atoms with van der Waals surface area (Å²) in [5.41, 5.74) is 0.821. The Morgan fingerprint density at radius 2 is 2.12 bits per heavy atom. The van der Waals surface area contributed by atoms with E-state index in [1.165, 1.54) is 0 Å². The minimum Gasteiger partial charge on any atom is -0.316 e. The first-order valence-corrected chi connectivity index (χ1v) is 5.81. The maximum atomic E-state index is 13.8. The molecule has 2 atom stereocenters. The van der Waals surface area contributed by atoms with Gasteiger partial charge < -0.3 is 10.2 Å². The average Bonchev–Trinajstić information content (AvgIpc) is 2.74. The number of hydrogen-bond acceptors (Lipinski definition) is 2. The Bertz CT molecular complexity index is 346. The minimum absolute atomic E-state index is 0.0897. The number of benzene rings is 1. The second-order valence-corrected chi connectivity index (χ2v) is 4.68. The Balaban J connectivity index is 2.28. The van der Waals surface area contributed by atoms with Gasteiger partial charge in [0.1, 0.15) is 5.82 Å². The van der Waals surface area contributed by atoms with E-state index in [9.17, 15) is 4.39 Å². The van der Waals surface area contributed by atoms with Gasteiger partial charge in [0.2, 0.25) is 0 Å². The van der Waals surface area contributed by atoms with Crippen LogP contribution in [-0.4, -0.2) is 32.1 Å². The Hall–Kier alpha value is -0.930. The second kappa shape index (κ2) is 4.93. The molecular weight excluding hydrogens is 203 g/mol. The molecule has 2 unspecified atom stereocenters. The fourth-order valence-electron chi connectivity index (χ4n) is 2.62.